The molecule has 0 saturated carbocycles. The molecule has 1 fully saturated rings. The lowest BCUT2D eigenvalue weighted by atomic mass is 9.94. The average Bonchev–Trinajstić information content (AvgIpc) is 3.23. The van der Waals surface area contributed by atoms with E-state index in [1.807, 2.05) is 29.5 Å². The Bertz CT molecular complexity index is 1120. The van der Waals surface area contributed by atoms with Crippen LogP contribution in [0.25, 0.3) is 16.7 Å². The molecule has 1 N–H and O–H groups in total. The molecule has 0 unspecified atom stereocenters. The van der Waals surface area contributed by atoms with Gasteiger partial charge in [0.15, 0.2) is 5.82 Å². The first-order valence-corrected chi connectivity index (χ1v) is 12.3. The highest BCUT2D eigenvalue weighted by molar-refractivity contribution is 5.84. The summed E-state index contributed by atoms with van der Waals surface area (Å²) in [5.41, 5.74) is 2.49. The van der Waals surface area contributed by atoms with Crippen molar-refractivity contribution >= 4 is 28.3 Å². The van der Waals surface area contributed by atoms with E-state index in [4.69, 9.17) is 14.5 Å². The number of aryl methyl sites for hydroxylation is 1. The standard InChI is InChI=1S/C25H36N6O3/c1-17(2)23(30-12-14-34-15-13-30)22(32)8-6-5-7-11-26-24-25-29-28-18(3)31(25)21-10-9-19(33-4)16-20(21)27-24/h9-10,16-17,23H,5-8,11-15H2,1-4H3,(H,26,27)/t23-/m0/s1. The molecule has 1 atom stereocenters. The number of fused-ring (bicyclic) bond motifs is 3. The van der Waals surface area contributed by atoms with Crippen LogP contribution < -0.4 is 10.1 Å². The number of ether oxygens (including phenoxy) is 2. The molecule has 34 heavy (non-hydrogen) atoms. The lowest BCUT2D eigenvalue weighted by Gasteiger charge is -2.35. The van der Waals surface area contributed by atoms with Gasteiger partial charge in [-0.05, 0) is 37.8 Å². The van der Waals surface area contributed by atoms with Crippen LogP contribution in [0.3, 0.4) is 0 Å². The summed E-state index contributed by atoms with van der Waals surface area (Å²) in [6.07, 6.45) is 3.46. The summed E-state index contributed by atoms with van der Waals surface area (Å²) in [5, 5.41) is 12.0. The number of anilines is 1. The van der Waals surface area contributed by atoms with Gasteiger partial charge in [-0.15, -0.1) is 10.2 Å². The average molecular weight is 469 g/mol. The van der Waals surface area contributed by atoms with Gasteiger partial charge in [-0.1, -0.05) is 20.3 Å². The van der Waals surface area contributed by atoms with Gasteiger partial charge in [-0.25, -0.2) is 4.98 Å². The van der Waals surface area contributed by atoms with Crippen LogP contribution in [0.4, 0.5) is 5.82 Å². The third-order valence-corrected chi connectivity index (χ3v) is 6.49. The Morgan fingerprint density at radius 1 is 1.18 bits per heavy atom. The molecule has 0 aliphatic carbocycles. The van der Waals surface area contributed by atoms with Crippen molar-refractivity contribution in [3.05, 3.63) is 24.0 Å². The van der Waals surface area contributed by atoms with Crippen LogP contribution in [0.15, 0.2) is 18.2 Å². The normalized spacial score (nSPS) is 15.8. The van der Waals surface area contributed by atoms with E-state index in [1.54, 1.807) is 7.11 Å². The highest BCUT2D eigenvalue weighted by Crippen LogP contribution is 2.25. The van der Waals surface area contributed by atoms with Crippen molar-refractivity contribution in [3.8, 4) is 5.75 Å². The van der Waals surface area contributed by atoms with Crippen LogP contribution in [-0.2, 0) is 9.53 Å². The van der Waals surface area contributed by atoms with E-state index in [1.165, 1.54) is 0 Å². The van der Waals surface area contributed by atoms with Crippen LogP contribution in [-0.4, -0.2) is 76.3 Å². The zero-order valence-electron chi connectivity index (χ0n) is 20.7. The molecule has 0 bridgehead atoms. The molecule has 1 aliphatic rings. The molecular weight excluding hydrogens is 432 g/mol. The Morgan fingerprint density at radius 2 is 1.97 bits per heavy atom. The largest absolute Gasteiger partial charge is 0.497 e. The van der Waals surface area contributed by atoms with Gasteiger partial charge >= 0.3 is 0 Å². The number of benzene rings is 1. The number of carbonyl (C=O) groups is 1. The van der Waals surface area contributed by atoms with E-state index in [0.29, 0.717) is 23.9 Å². The van der Waals surface area contributed by atoms with Gasteiger partial charge in [-0.2, -0.15) is 0 Å². The summed E-state index contributed by atoms with van der Waals surface area (Å²) in [7, 11) is 1.65. The van der Waals surface area contributed by atoms with Crippen molar-refractivity contribution in [1.82, 2.24) is 24.5 Å². The molecule has 1 saturated heterocycles. The van der Waals surface area contributed by atoms with Gasteiger partial charge in [0.1, 0.15) is 17.4 Å². The minimum Gasteiger partial charge on any atom is -0.497 e. The van der Waals surface area contributed by atoms with E-state index in [9.17, 15) is 4.79 Å². The van der Waals surface area contributed by atoms with E-state index >= 15 is 0 Å². The van der Waals surface area contributed by atoms with Crippen LogP contribution in [0.2, 0.25) is 0 Å². The van der Waals surface area contributed by atoms with Crippen LogP contribution in [0.1, 0.15) is 45.4 Å². The summed E-state index contributed by atoms with van der Waals surface area (Å²) in [6.45, 7) is 10.1. The highest BCUT2D eigenvalue weighted by atomic mass is 16.5. The van der Waals surface area contributed by atoms with E-state index < -0.39 is 0 Å². The maximum absolute atomic E-state index is 12.9. The summed E-state index contributed by atoms with van der Waals surface area (Å²) in [6, 6.07) is 5.82. The van der Waals surface area contributed by atoms with Crippen LogP contribution >= 0.6 is 0 Å². The molecule has 0 amide bonds. The summed E-state index contributed by atoms with van der Waals surface area (Å²) in [5.74, 6) is 2.96. The Labute approximate surface area is 200 Å². The quantitative estimate of drug-likeness (QED) is 0.428. The minimum atomic E-state index is 0.00489. The second-order valence-electron chi connectivity index (χ2n) is 9.26. The van der Waals surface area contributed by atoms with Gasteiger partial charge in [0.2, 0.25) is 5.65 Å². The Morgan fingerprint density at radius 3 is 2.71 bits per heavy atom. The Balaban J connectivity index is 1.32. The number of morpholine rings is 1. The SMILES string of the molecule is COc1ccc2c(c1)nc(NCCCCCC(=O)[C@H](C(C)C)N1CCOCC1)c1nnc(C)n12. The fraction of sp³-hybridized carbons (Fsp3) is 0.600. The van der Waals surface area contributed by atoms with Crippen molar-refractivity contribution in [2.45, 2.75) is 52.5 Å². The molecule has 2 aromatic heterocycles. The lowest BCUT2D eigenvalue weighted by Crippen LogP contribution is -2.49. The number of hydrogen-bond acceptors (Lipinski definition) is 8. The first kappa shape index (κ1) is 24.3. The smallest absolute Gasteiger partial charge is 0.204 e. The summed E-state index contributed by atoms with van der Waals surface area (Å²) < 4.78 is 12.8. The third kappa shape index (κ3) is 5.31. The number of carbonyl (C=O) groups excluding carboxylic acids is 1. The minimum absolute atomic E-state index is 0.00489. The number of hydrogen-bond donors (Lipinski definition) is 1. The van der Waals surface area contributed by atoms with Crippen molar-refractivity contribution in [2.75, 3.05) is 45.3 Å². The van der Waals surface area contributed by atoms with Crippen LogP contribution in [0.5, 0.6) is 5.75 Å². The van der Waals surface area contributed by atoms with Gasteiger partial charge < -0.3 is 14.8 Å². The van der Waals surface area contributed by atoms with Crippen molar-refractivity contribution in [1.29, 1.82) is 0 Å². The predicted molar refractivity (Wildman–Crippen MR) is 133 cm³/mol. The predicted octanol–water partition coefficient (Wildman–Crippen LogP) is 3.49. The monoisotopic (exact) mass is 468 g/mol. The maximum Gasteiger partial charge on any atom is 0.204 e. The zero-order chi connectivity index (χ0) is 24.1. The van der Waals surface area contributed by atoms with E-state index in [2.05, 4.69) is 34.3 Å². The van der Waals surface area contributed by atoms with Gasteiger partial charge in [0.05, 0.1) is 37.4 Å². The second kappa shape index (κ2) is 11.1. The Kier molecular flexibility index (Phi) is 7.95. The number of ketones is 1. The van der Waals surface area contributed by atoms with E-state index in [0.717, 1.165) is 80.4 Å². The molecule has 3 heterocycles. The highest BCUT2D eigenvalue weighted by Gasteiger charge is 2.29. The first-order valence-electron chi connectivity index (χ1n) is 12.3. The summed E-state index contributed by atoms with van der Waals surface area (Å²) >= 11 is 0. The molecule has 4 rings (SSSR count). The molecule has 3 aromatic rings. The second-order valence-corrected chi connectivity index (χ2v) is 9.26. The number of Topliss-reactive ketones (excluding diaryl/α,β-unsaturated/α-hetero) is 1. The third-order valence-electron chi connectivity index (χ3n) is 6.49. The number of aromatic nitrogens is 4. The van der Waals surface area contributed by atoms with Gasteiger partial charge in [0, 0.05) is 32.1 Å². The molecule has 184 valence electrons. The molecule has 0 radical (unpaired) electrons. The van der Waals surface area contributed by atoms with E-state index in [-0.39, 0.29) is 6.04 Å². The number of rotatable bonds is 11. The van der Waals surface area contributed by atoms with Crippen molar-refractivity contribution < 1.29 is 14.3 Å². The van der Waals surface area contributed by atoms with Gasteiger partial charge in [0.25, 0.3) is 0 Å². The molecule has 0 spiro atoms. The van der Waals surface area contributed by atoms with Crippen LogP contribution in [0, 0.1) is 12.8 Å². The topological polar surface area (TPSA) is 93.9 Å². The van der Waals surface area contributed by atoms with Crippen molar-refractivity contribution in [2.24, 2.45) is 5.92 Å². The van der Waals surface area contributed by atoms with Gasteiger partial charge in [-0.3, -0.25) is 14.1 Å². The molecule has 9 heteroatoms. The molecular formula is C25H36N6O3. The fourth-order valence-electron chi connectivity index (χ4n) is 4.81. The molecule has 1 aliphatic heterocycles. The summed E-state index contributed by atoms with van der Waals surface area (Å²) in [4.78, 5) is 20.0. The molecule has 9 nitrogen and oxygen atoms in total. The number of nitrogens with zero attached hydrogens (tertiary/aromatic N) is 5. The first-order chi connectivity index (χ1) is 16.5. The zero-order valence-corrected chi connectivity index (χ0v) is 20.7. The van der Waals surface area contributed by atoms with Crippen molar-refractivity contribution in [3.63, 3.8) is 0 Å². The fourth-order valence-corrected chi connectivity index (χ4v) is 4.81. The number of methoxy groups -OCH3 is 1. The molecule has 1 aromatic carbocycles. The lowest BCUT2D eigenvalue weighted by molar-refractivity contribution is -0.128. The maximum atomic E-state index is 12.9. The number of unbranched alkanes of at least 4 members (excludes halogenated alkanes) is 2. The Hall–Kier alpha value is -2.78. The number of nitrogens with one attached hydrogen (secondary N) is 1.